The molecule has 9 nitrogen and oxygen atoms in total. The first-order valence-corrected chi connectivity index (χ1v) is 11.9. The molecule has 1 fully saturated rings. The molecule has 3 heterocycles. The van der Waals surface area contributed by atoms with E-state index in [4.69, 9.17) is 16.0 Å². The van der Waals surface area contributed by atoms with Crippen molar-refractivity contribution in [1.29, 1.82) is 0 Å². The van der Waals surface area contributed by atoms with Gasteiger partial charge in [0.2, 0.25) is 5.76 Å². The lowest BCUT2D eigenvalue weighted by Crippen LogP contribution is -2.40. The number of sulfone groups is 1. The van der Waals surface area contributed by atoms with Gasteiger partial charge in [-0.3, -0.25) is 19.7 Å². The molecule has 0 N–H and O–H groups in total. The van der Waals surface area contributed by atoms with Crippen LogP contribution in [-0.4, -0.2) is 41.7 Å². The van der Waals surface area contributed by atoms with Crippen molar-refractivity contribution < 1.29 is 22.6 Å². The molecule has 164 valence electrons. The molecular formula is C21H15ClN2O7S. The van der Waals surface area contributed by atoms with Gasteiger partial charge in [0.25, 0.3) is 11.6 Å². The fraction of sp³-hybridized carbons (Fsp3) is 0.238. The Labute approximate surface area is 186 Å². The van der Waals surface area contributed by atoms with Crippen molar-refractivity contribution in [3.05, 3.63) is 84.7 Å². The summed E-state index contributed by atoms with van der Waals surface area (Å²) in [7, 11) is -3.33. The maximum Gasteiger partial charge on any atom is 0.291 e. The third-order valence-corrected chi connectivity index (χ3v) is 7.87. The van der Waals surface area contributed by atoms with E-state index < -0.39 is 38.2 Å². The van der Waals surface area contributed by atoms with E-state index in [1.807, 2.05) is 0 Å². The van der Waals surface area contributed by atoms with Gasteiger partial charge in [-0.1, -0.05) is 11.6 Å². The van der Waals surface area contributed by atoms with E-state index in [1.54, 1.807) is 0 Å². The van der Waals surface area contributed by atoms with Crippen molar-refractivity contribution in [1.82, 2.24) is 4.90 Å². The van der Waals surface area contributed by atoms with Crippen molar-refractivity contribution >= 4 is 44.0 Å². The largest absolute Gasteiger partial charge is 0.450 e. The molecular weight excluding hydrogens is 460 g/mol. The van der Waals surface area contributed by atoms with Crippen molar-refractivity contribution in [3.8, 4) is 0 Å². The number of amides is 1. The first-order chi connectivity index (χ1) is 15.2. The Bertz CT molecular complexity index is 1460. The highest BCUT2D eigenvalue weighted by atomic mass is 35.5. The number of benzene rings is 2. The number of fused-ring (bicyclic) bond motifs is 2. The van der Waals surface area contributed by atoms with E-state index in [2.05, 4.69) is 0 Å². The molecule has 0 saturated carbocycles. The molecule has 2 unspecified atom stereocenters. The average Bonchev–Trinajstić information content (AvgIpc) is 3.25. The van der Waals surface area contributed by atoms with E-state index in [0.717, 1.165) is 0 Å². The van der Waals surface area contributed by atoms with E-state index in [1.165, 1.54) is 47.4 Å². The SMILES string of the molecule is O=C1c2oc3ccc(Cl)cc3c(=O)c2C(c2ccc([N+](=O)[O-])cc2)N1C1CCS(=O)(=O)C1. The first kappa shape index (κ1) is 20.7. The summed E-state index contributed by atoms with van der Waals surface area (Å²) in [5.41, 5.74) is 0.105. The Kier molecular flexibility index (Phi) is 4.61. The van der Waals surface area contributed by atoms with Crippen molar-refractivity contribution in [2.24, 2.45) is 0 Å². The Balaban J connectivity index is 1.74. The van der Waals surface area contributed by atoms with E-state index in [9.17, 15) is 28.1 Å². The third kappa shape index (κ3) is 3.18. The minimum Gasteiger partial charge on any atom is -0.450 e. The quantitative estimate of drug-likeness (QED) is 0.421. The Morgan fingerprint density at radius 1 is 1.12 bits per heavy atom. The van der Waals surface area contributed by atoms with Crippen molar-refractivity contribution in [2.45, 2.75) is 18.5 Å². The van der Waals surface area contributed by atoms with Gasteiger partial charge in [-0.25, -0.2) is 8.42 Å². The molecule has 2 atom stereocenters. The number of non-ortho nitro benzene ring substituents is 1. The molecule has 2 aliphatic heterocycles. The fourth-order valence-electron chi connectivity index (χ4n) is 4.44. The molecule has 0 aliphatic carbocycles. The van der Waals surface area contributed by atoms with Crippen molar-refractivity contribution in [3.63, 3.8) is 0 Å². The predicted molar refractivity (Wildman–Crippen MR) is 116 cm³/mol. The third-order valence-electron chi connectivity index (χ3n) is 5.89. The lowest BCUT2D eigenvalue weighted by Gasteiger charge is -2.30. The number of nitro benzene ring substituents is 1. The lowest BCUT2D eigenvalue weighted by atomic mass is 9.97. The van der Waals surface area contributed by atoms with Gasteiger partial charge in [0, 0.05) is 23.2 Å². The van der Waals surface area contributed by atoms with Crippen LogP contribution in [0.1, 0.15) is 34.1 Å². The molecule has 2 aromatic carbocycles. The highest BCUT2D eigenvalue weighted by molar-refractivity contribution is 7.91. The summed E-state index contributed by atoms with van der Waals surface area (Å²) in [6.07, 6.45) is 0.227. The van der Waals surface area contributed by atoms with Gasteiger partial charge >= 0.3 is 0 Å². The zero-order valence-electron chi connectivity index (χ0n) is 16.4. The van der Waals surface area contributed by atoms with Gasteiger partial charge in [-0.15, -0.1) is 0 Å². The number of nitrogens with zero attached hydrogens (tertiary/aromatic N) is 2. The number of nitro groups is 1. The summed E-state index contributed by atoms with van der Waals surface area (Å²) >= 11 is 6.05. The molecule has 0 bridgehead atoms. The average molecular weight is 475 g/mol. The minimum atomic E-state index is -3.33. The molecule has 5 rings (SSSR count). The predicted octanol–water partition coefficient (Wildman–Crippen LogP) is 3.09. The second kappa shape index (κ2) is 7.14. The van der Waals surface area contributed by atoms with E-state index >= 15 is 0 Å². The topological polar surface area (TPSA) is 128 Å². The van der Waals surface area contributed by atoms with Crippen LogP contribution < -0.4 is 5.43 Å². The number of hydrogen-bond acceptors (Lipinski definition) is 7. The monoisotopic (exact) mass is 474 g/mol. The van der Waals surface area contributed by atoms with Crippen LogP contribution in [0.3, 0.4) is 0 Å². The van der Waals surface area contributed by atoms with Crippen LogP contribution in [0.15, 0.2) is 51.7 Å². The summed E-state index contributed by atoms with van der Waals surface area (Å²) in [5.74, 6) is -1.03. The molecule has 2 aliphatic rings. The minimum absolute atomic E-state index is 0.0657. The van der Waals surface area contributed by atoms with Gasteiger partial charge in [0.1, 0.15) is 5.58 Å². The summed E-state index contributed by atoms with van der Waals surface area (Å²) < 4.78 is 30.0. The highest BCUT2D eigenvalue weighted by Crippen LogP contribution is 2.41. The maximum absolute atomic E-state index is 13.4. The number of halogens is 1. The molecule has 3 aromatic rings. The second-order valence-electron chi connectivity index (χ2n) is 7.83. The lowest BCUT2D eigenvalue weighted by molar-refractivity contribution is -0.384. The summed E-state index contributed by atoms with van der Waals surface area (Å²) in [4.78, 5) is 38.7. The Hall–Kier alpha value is -3.24. The molecule has 0 spiro atoms. The van der Waals surface area contributed by atoms with Crippen LogP contribution in [0.2, 0.25) is 5.02 Å². The first-order valence-electron chi connectivity index (χ1n) is 9.70. The zero-order valence-corrected chi connectivity index (χ0v) is 17.9. The smallest absolute Gasteiger partial charge is 0.291 e. The number of carbonyl (C=O) groups excluding carboxylic acids is 1. The summed E-state index contributed by atoms with van der Waals surface area (Å²) in [6, 6.07) is 8.37. The molecule has 11 heteroatoms. The van der Waals surface area contributed by atoms with Gasteiger partial charge < -0.3 is 9.32 Å². The van der Waals surface area contributed by atoms with E-state index in [-0.39, 0.29) is 45.9 Å². The standard InChI is InChI=1S/C21H15ClN2O7S/c22-12-3-6-16-15(9-12)19(25)17-18(11-1-4-13(5-2-11)24(27)28)23(21(26)20(17)31-16)14-7-8-32(29,30)10-14/h1-6,9,14,18H,7-8,10H2. The van der Waals surface area contributed by atoms with Crippen LogP contribution in [0.25, 0.3) is 11.0 Å². The van der Waals surface area contributed by atoms with Gasteiger partial charge in [0.15, 0.2) is 15.3 Å². The highest BCUT2D eigenvalue weighted by Gasteiger charge is 2.48. The second-order valence-corrected chi connectivity index (χ2v) is 10.5. The Morgan fingerprint density at radius 2 is 1.84 bits per heavy atom. The van der Waals surface area contributed by atoms with Gasteiger partial charge in [0.05, 0.1) is 33.4 Å². The molecule has 0 radical (unpaired) electrons. The van der Waals surface area contributed by atoms with Gasteiger partial charge in [-0.2, -0.15) is 0 Å². The van der Waals surface area contributed by atoms with E-state index in [0.29, 0.717) is 10.6 Å². The zero-order chi connectivity index (χ0) is 22.8. The Morgan fingerprint density at radius 3 is 2.47 bits per heavy atom. The molecule has 1 saturated heterocycles. The normalized spacial score (nSPS) is 21.8. The van der Waals surface area contributed by atoms with Crippen LogP contribution in [-0.2, 0) is 9.84 Å². The summed E-state index contributed by atoms with van der Waals surface area (Å²) in [5, 5.41) is 11.6. The molecule has 1 amide bonds. The van der Waals surface area contributed by atoms with Crippen LogP contribution in [0, 0.1) is 10.1 Å². The van der Waals surface area contributed by atoms with Gasteiger partial charge in [-0.05, 0) is 42.3 Å². The number of hydrogen-bond donors (Lipinski definition) is 0. The fourth-order valence-corrected chi connectivity index (χ4v) is 6.32. The number of carbonyl (C=O) groups is 1. The molecule has 1 aromatic heterocycles. The van der Waals surface area contributed by atoms with Crippen LogP contribution in [0.5, 0.6) is 0 Å². The van der Waals surface area contributed by atoms with Crippen molar-refractivity contribution in [2.75, 3.05) is 11.5 Å². The molecule has 32 heavy (non-hydrogen) atoms. The van der Waals surface area contributed by atoms with Crippen LogP contribution in [0.4, 0.5) is 5.69 Å². The number of rotatable bonds is 3. The summed E-state index contributed by atoms with van der Waals surface area (Å²) in [6.45, 7) is 0. The van der Waals surface area contributed by atoms with Crippen LogP contribution >= 0.6 is 11.6 Å². The maximum atomic E-state index is 13.4.